The van der Waals surface area contributed by atoms with Crippen molar-refractivity contribution >= 4 is 6.09 Å². The van der Waals surface area contributed by atoms with Crippen LogP contribution in [0.1, 0.15) is 33.6 Å². The van der Waals surface area contributed by atoms with Gasteiger partial charge in [-0.25, -0.2) is 4.79 Å². The minimum Gasteiger partial charge on any atom is -0.444 e. The van der Waals surface area contributed by atoms with Crippen molar-refractivity contribution in [2.24, 2.45) is 5.92 Å². The Kier molecular flexibility index (Phi) is 5.65. The lowest BCUT2D eigenvalue weighted by Gasteiger charge is -2.29. The summed E-state index contributed by atoms with van der Waals surface area (Å²) < 4.78 is 10.8. The Hall–Kier alpha value is -1.07. The molecule has 0 aromatic heterocycles. The summed E-state index contributed by atoms with van der Waals surface area (Å²) in [5.74, 6) is 0.660. The summed E-state index contributed by atoms with van der Waals surface area (Å²) in [5, 5.41) is 3.50. The summed E-state index contributed by atoms with van der Waals surface area (Å²) in [6.07, 6.45) is 4.02. The lowest BCUT2D eigenvalue weighted by Crippen LogP contribution is -2.40. The highest BCUT2D eigenvalue weighted by atomic mass is 16.6. The van der Waals surface area contributed by atoms with Gasteiger partial charge in [-0.1, -0.05) is 11.6 Å². The first-order valence-electron chi connectivity index (χ1n) is 7.88. The number of nitrogens with one attached hydrogen (secondary N) is 1. The highest BCUT2D eigenvalue weighted by molar-refractivity contribution is 5.68. The van der Waals surface area contributed by atoms with Crippen LogP contribution < -0.4 is 5.32 Å². The molecule has 2 aliphatic heterocycles. The first kappa shape index (κ1) is 16.3. The second-order valence-corrected chi connectivity index (χ2v) is 6.90. The summed E-state index contributed by atoms with van der Waals surface area (Å²) in [5.41, 5.74) is 0.958. The molecule has 1 atom stereocenters. The number of hydrogen-bond donors (Lipinski definition) is 1. The first-order valence-corrected chi connectivity index (χ1v) is 7.88. The van der Waals surface area contributed by atoms with Gasteiger partial charge < -0.3 is 19.7 Å². The average Bonchev–Trinajstić information content (AvgIpc) is 2.91. The Morgan fingerprint density at radius 2 is 2.33 bits per heavy atom. The minimum absolute atomic E-state index is 0.214. The smallest absolute Gasteiger partial charge is 0.410 e. The van der Waals surface area contributed by atoms with E-state index < -0.39 is 5.60 Å². The van der Waals surface area contributed by atoms with Gasteiger partial charge in [-0.3, -0.25) is 0 Å². The molecule has 21 heavy (non-hydrogen) atoms. The number of carbonyl (C=O) groups excluding carboxylic acids is 1. The second kappa shape index (κ2) is 7.27. The predicted octanol–water partition coefficient (Wildman–Crippen LogP) is 2.18. The largest absolute Gasteiger partial charge is 0.444 e. The molecule has 0 radical (unpaired) electrons. The normalized spacial score (nSPS) is 23.1. The Bertz CT molecular complexity index is 381. The van der Waals surface area contributed by atoms with E-state index in [0.29, 0.717) is 12.5 Å². The van der Waals surface area contributed by atoms with Gasteiger partial charge in [-0.15, -0.1) is 0 Å². The van der Waals surface area contributed by atoms with Crippen LogP contribution in [0.15, 0.2) is 11.6 Å². The second-order valence-electron chi connectivity index (χ2n) is 6.90. The number of rotatable bonds is 4. The highest BCUT2D eigenvalue weighted by Gasteiger charge is 2.23. The number of hydrogen-bond acceptors (Lipinski definition) is 4. The molecular weight excluding hydrogens is 268 g/mol. The van der Waals surface area contributed by atoms with Crippen molar-refractivity contribution in [2.75, 3.05) is 39.4 Å². The fraction of sp³-hybridized carbons (Fsp3) is 0.812. The standard InChI is InChI=1S/C16H28N2O3/c1-16(2,3)21-15(19)18-7-4-13(5-8-18)10-17-11-14-6-9-20-12-14/h4,14,17H,5-12H2,1-3H3. The molecule has 0 saturated carbocycles. The zero-order chi connectivity index (χ0) is 15.3. The first-order chi connectivity index (χ1) is 9.94. The molecule has 5 nitrogen and oxygen atoms in total. The number of carbonyl (C=O) groups is 1. The van der Waals surface area contributed by atoms with Crippen LogP contribution in [-0.2, 0) is 9.47 Å². The maximum atomic E-state index is 12.0. The lowest BCUT2D eigenvalue weighted by atomic mass is 10.1. The molecule has 1 unspecified atom stereocenters. The van der Waals surface area contributed by atoms with Crippen molar-refractivity contribution in [1.82, 2.24) is 10.2 Å². The van der Waals surface area contributed by atoms with Gasteiger partial charge in [-0.2, -0.15) is 0 Å². The molecule has 1 amide bonds. The van der Waals surface area contributed by atoms with Crippen molar-refractivity contribution in [1.29, 1.82) is 0 Å². The van der Waals surface area contributed by atoms with Crippen molar-refractivity contribution in [3.63, 3.8) is 0 Å². The Balaban J connectivity index is 1.67. The van der Waals surface area contributed by atoms with Crippen LogP contribution in [-0.4, -0.2) is 56.0 Å². The molecule has 1 saturated heterocycles. The van der Waals surface area contributed by atoms with Gasteiger partial charge in [0.1, 0.15) is 5.60 Å². The van der Waals surface area contributed by atoms with E-state index in [0.717, 1.165) is 39.3 Å². The van der Waals surface area contributed by atoms with Crippen molar-refractivity contribution in [3.05, 3.63) is 11.6 Å². The van der Waals surface area contributed by atoms with Crippen LogP contribution in [0.25, 0.3) is 0 Å². The van der Waals surface area contributed by atoms with E-state index >= 15 is 0 Å². The van der Waals surface area contributed by atoms with Gasteiger partial charge >= 0.3 is 6.09 Å². The minimum atomic E-state index is -0.425. The quantitative estimate of drug-likeness (QED) is 0.808. The van der Waals surface area contributed by atoms with E-state index in [2.05, 4.69) is 11.4 Å². The molecule has 0 aromatic rings. The van der Waals surface area contributed by atoms with Crippen LogP contribution in [0.2, 0.25) is 0 Å². The fourth-order valence-corrected chi connectivity index (χ4v) is 2.55. The van der Waals surface area contributed by atoms with Gasteiger partial charge in [0, 0.05) is 32.8 Å². The van der Waals surface area contributed by atoms with E-state index in [1.807, 2.05) is 20.8 Å². The molecule has 0 bridgehead atoms. The fourth-order valence-electron chi connectivity index (χ4n) is 2.55. The Morgan fingerprint density at radius 3 is 2.90 bits per heavy atom. The van der Waals surface area contributed by atoms with Gasteiger partial charge in [-0.05, 0) is 39.5 Å². The molecular formula is C16H28N2O3. The summed E-state index contributed by atoms with van der Waals surface area (Å²) >= 11 is 0. The third-order valence-corrected chi connectivity index (χ3v) is 3.76. The third-order valence-electron chi connectivity index (χ3n) is 3.76. The third kappa shape index (κ3) is 5.67. The number of nitrogens with zero attached hydrogens (tertiary/aromatic N) is 1. The molecule has 1 fully saturated rings. The van der Waals surface area contributed by atoms with Crippen LogP contribution >= 0.6 is 0 Å². The SMILES string of the molecule is CC(C)(C)OC(=O)N1CC=C(CNCC2CCOC2)CC1. The van der Waals surface area contributed by atoms with E-state index in [1.54, 1.807) is 4.90 Å². The summed E-state index contributed by atoms with van der Waals surface area (Å²) in [4.78, 5) is 13.7. The molecule has 120 valence electrons. The molecule has 2 heterocycles. The number of amides is 1. The molecule has 2 aliphatic rings. The van der Waals surface area contributed by atoms with Crippen molar-refractivity contribution in [2.45, 2.75) is 39.2 Å². The predicted molar refractivity (Wildman–Crippen MR) is 82.3 cm³/mol. The van der Waals surface area contributed by atoms with Crippen molar-refractivity contribution < 1.29 is 14.3 Å². The van der Waals surface area contributed by atoms with Crippen LogP contribution in [0, 0.1) is 5.92 Å². The van der Waals surface area contributed by atoms with Crippen LogP contribution in [0.4, 0.5) is 4.79 Å². The van der Waals surface area contributed by atoms with Gasteiger partial charge in [0.25, 0.3) is 0 Å². The molecule has 0 aromatic carbocycles. The van der Waals surface area contributed by atoms with E-state index in [9.17, 15) is 4.79 Å². The molecule has 0 aliphatic carbocycles. The van der Waals surface area contributed by atoms with E-state index in [1.165, 1.54) is 12.0 Å². The highest BCUT2D eigenvalue weighted by Crippen LogP contribution is 2.15. The Morgan fingerprint density at radius 1 is 1.52 bits per heavy atom. The maximum Gasteiger partial charge on any atom is 0.410 e. The summed E-state index contributed by atoms with van der Waals surface area (Å²) in [7, 11) is 0. The van der Waals surface area contributed by atoms with Gasteiger partial charge in [0.2, 0.25) is 0 Å². The Labute approximate surface area is 127 Å². The van der Waals surface area contributed by atoms with Gasteiger partial charge in [0.15, 0.2) is 0 Å². The van der Waals surface area contributed by atoms with E-state index in [-0.39, 0.29) is 6.09 Å². The molecule has 5 heteroatoms. The molecule has 0 spiro atoms. The van der Waals surface area contributed by atoms with Gasteiger partial charge in [0.05, 0.1) is 6.61 Å². The summed E-state index contributed by atoms with van der Waals surface area (Å²) in [6.45, 7) is 10.8. The summed E-state index contributed by atoms with van der Waals surface area (Å²) in [6, 6.07) is 0. The molecule has 2 rings (SSSR count). The van der Waals surface area contributed by atoms with Crippen LogP contribution in [0.3, 0.4) is 0 Å². The van der Waals surface area contributed by atoms with Crippen LogP contribution in [0.5, 0.6) is 0 Å². The monoisotopic (exact) mass is 296 g/mol. The topological polar surface area (TPSA) is 50.8 Å². The average molecular weight is 296 g/mol. The molecule has 1 N–H and O–H groups in total. The lowest BCUT2D eigenvalue weighted by molar-refractivity contribution is 0.0265. The van der Waals surface area contributed by atoms with Crippen molar-refractivity contribution in [3.8, 4) is 0 Å². The zero-order valence-electron chi connectivity index (χ0n) is 13.5. The maximum absolute atomic E-state index is 12.0. The zero-order valence-corrected chi connectivity index (χ0v) is 13.5. The van der Waals surface area contributed by atoms with E-state index in [4.69, 9.17) is 9.47 Å². The number of ether oxygens (including phenoxy) is 2.